The molecule has 1 aliphatic carbocycles. The Balaban J connectivity index is 1.66. The third-order valence-corrected chi connectivity index (χ3v) is 8.27. The first-order valence-corrected chi connectivity index (χ1v) is 11.7. The molecule has 1 aromatic heterocycles. The fourth-order valence-electron chi connectivity index (χ4n) is 5.11. The molecule has 0 bridgehead atoms. The van der Waals surface area contributed by atoms with Gasteiger partial charge in [-0.25, -0.2) is 4.39 Å². The number of benzene rings is 2. The predicted octanol–water partition coefficient (Wildman–Crippen LogP) is 4.31. The van der Waals surface area contributed by atoms with Crippen molar-refractivity contribution in [3.05, 3.63) is 92.6 Å². The van der Waals surface area contributed by atoms with Gasteiger partial charge in [0.05, 0.1) is 11.5 Å². The van der Waals surface area contributed by atoms with Crippen LogP contribution in [0.5, 0.6) is 5.75 Å². The van der Waals surface area contributed by atoms with Crippen LogP contribution in [0.1, 0.15) is 51.6 Å². The third-order valence-electron chi connectivity index (χ3n) is 6.99. The molecule has 1 saturated carbocycles. The smallest absolute Gasteiger partial charge is 0.224 e. The van der Waals surface area contributed by atoms with Crippen LogP contribution >= 0.6 is 11.8 Å². The van der Waals surface area contributed by atoms with E-state index in [2.05, 4.69) is 6.07 Å². The number of Topliss-reactive ketones (excluding diaryl/α,β-unsaturated/α-hetero) is 1. The number of nitrogens with zero attached hydrogens (tertiary/aromatic N) is 2. The number of fused-ring (bicyclic) bond motifs is 3. The molecule has 1 N–H and O–H groups in total. The van der Waals surface area contributed by atoms with E-state index < -0.39 is 16.6 Å². The van der Waals surface area contributed by atoms with Gasteiger partial charge in [-0.2, -0.15) is 0 Å². The minimum Gasteiger partial charge on any atom is -0.503 e. The summed E-state index contributed by atoms with van der Waals surface area (Å²) in [7, 11) is 0. The van der Waals surface area contributed by atoms with Crippen molar-refractivity contribution in [3.8, 4) is 5.75 Å². The molecule has 6 rings (SSSR count). The van der Waals surface area contributed by atoms with Crippen molar-refractivity contribution in [2.45, 2.75) is 36.5 Å². The molecule has 1 atom stereocenters. The summed E-state index contributed by atoms with van der Waals surface area (Å²) >= 11 is 1.62. The van der Waals surface area contributed by atoms with Crippen molar-refractivity contribution in [2.75, 3.05) is 11.6 Å². The Hall–Kier alpha value is -3.06. The fourth-order valence-corrected chi connectivity index (χ4v) is 6.34. The largest absolute Gasteiger partial charge is 0.503 e. The van der Waals surface area contributed by atoms with E-state index in [1.165, 1.54) is 12.1 Å². The summed E-state index contributed by atoms with van der Waals surface area (Å²) in [6.45, 7) is 2.49. The first-order valence-electron chi connectivity index (χ1n) is 10.7. The molecule has 7 heteroatoms. The molecule has 5 nitrogen and oxygen atoms in total. The van der Waals surface area contributed by atoms with Crippen LogP contribution in [0, 0.1) is 18.2 Å². The molecular formula is C25H21FN2O3S. The van der Waals surface area contributed by atoms with E-state index in [1.54, 1.807) is 28.7 Å². The minimum atomic E-state index is -0.609. The number of ketones is 1. The first-order chi connectivity index (χ1) is 15.4. The predicted molar refractivity (Wildman–Crippen MR) is 120 cm³/mol. The van der Waals surface area contributed by atoms with E-state index in [0.29, 0.717) is 30.7 Å². The SMILES string of the molecule is Cc1cccc2c1SCc1c(F)cccc1C2N1CC2(CC2)C(=O)c2c(O)c(=O)ccn21. The van der Waals surface area contributed by atoms with Crippen molar-refractivity contribution in [1.29, 1.82) is 0 Å². The average Bonchev–Trinajstić information content (AvgIpc) is 3.57. The zero-order valence-corrected chi connectivity index (χ0v) is 18.3. The number of pyridine rings is 1. The number of rotatable bonds is 1. The molecule has 2 aliphatic heterocycles. The van der Waals surface area contributed by atoms with Crippen LogP contribution in [0.25, 0.3) is 0 Å². The summed E-state index contributed by atoms with van der Waals surface area (Å²) < 4.78 is 16.6. The second-order valence-corrected chi connectivity index (χ2v) is 9.91. The molecule has 3 aromatic rings. The number of aromatic nitrogens is 1. The zero-order valence-electron chi connectivity index (χ0n) is 17.5. The molecule has 162 valence electrons. The standard InChI is InChI=1S/C25H21FN2O3S/c1-14-4-2-6-16-20(15-5-3-7-18(26)17(15)12-32-23(14)16)28-13-25(9-10-25)24(31)21-22(30)19(29)8-11-27(21)28/h2-8,11,20,30H,9-10,12-13H2,1H3. The van der Waals surface area contributed by atoms with Crippen molar-refractivity contribution >= 4 is 17.5 Å². The molecule has 2 aromatic carbocycles. The maximum Gasteiger partial charge on any atom is 0.224 e. The van der Waals surface area contributed by atoms with Gasteiger partial charge in [0.2, 0.25) is 5.43 Å². The number of carbonyl (C=O) groups is 1. The van der Waals surface area contributed by atoms with Gasteiger partial charge in [0.15, 0.2) is 17.2 Å². The molecule has 32 heavy (non-hydrogen) atoms. The van der Waals surface area contributed by atoms with Crippen LogP contribution in [-0.2, 0) is 5.75 Å². The number of hydrogen-bond donors (Lipinski definition) is 1. The molecule has 3 aliphatic rings. The number of thioether (sulfide) groups is 1. The van der Waals surface area contributed by atoms with E-state index in [0.717, 1.165) is 21.6 Å². The monoisotopic (exact) mass is 448 g/mol. The Morgan fingerprint density at radius 3 is 2.62 bits per heavy atom. The van der Waals surface area contributed by atoms with Crippen LogP contribution in [0.2, 0.25) is 0 Å². The molecule has 0 amide bonds. The van der Waals surface area contributed by atoms with Crippen LogP contribution in [0.3, 0.4) is 0 Å². The van der Waals surface area contributed by atoms with E-state index in [9.17, 15) is 19.1 Å². The molecule has 1 spiro atoms. The summed E-state index contributed by atoms with van der Waals surface area (Å²) in [6, 6.07) is 12.2. The van der Waals surface area contributed by atoms with Crippen molar-refractivity contribution in [2.24, 2.45) is 5.41 Å². The lowest BCUT2D eigenvalue weighted by atomic mass is 9.89. The van der Waals surface area contributed by atoms with Crippen LogP contribution in [0.15, 0.2) is 58.4 Å². The van der Waals surface area contributed by atoms with E-state index >= 15 is 0 Å². The van der Waals surface area contributed by atoms with Crippen LogP contribution in [-0.4, -0.2) is 22.1 Å². The zero-order chi connectivity index (χ0) is 22.2. The van der Waals surface area contributed by atoms with Crippen molar-refractivity contribution < 1.29 is 14.3 Å². The number of carbonyl (C=O) groups excluding carboxylic acids is 1. The van der Waals surface area contributed by atoms with Crippen LogP contribution in [0.4, 0.5) is 4.39 Å². The summed E-state index contributed by atoms with van der Waals surface area (Å²) in [4.78, 5) is 26.6. The van der Waals surface area contributed by atoms with Gasteiger partial charge in [-0.15, -0.1) is 11.8 Å². The summed E-state index contributed by atoms with van der Waals surface area (Å²) in [6.07, 6.45) is 2.98. The second kappa shape index (κ2) is 6.72. The summed E-state index contributed by atoms with van der Waals surface area (Å²) in [5.74, 6) is -0.435. The molecule has 1 fully saturated rings. The Bertz CT molecular complexity index is 1310. The number of hydrogen-bond acceptors (Lipinski definition) is 5. The lowest BCUT2D eigenvalue weighted by Gasteiger charge is -2.43. The Kier molecular flexibility index (Phi) is 4.12. The Labute approximate surface area is 188 Å². The van der Waals surface area contributed by atoms with Gasteiger partial charge >= 0.3 is 0 Å². The highest BCUT2D eigenvalue weighted by atomic mass is 32.2. The van der Waals surface area contributed by atoms with Gasteiger partial charge in [-0.3, -0.25) is 19.3 Å². The maximum atomic E-state index is 15.0. The molecular weight excluding hydrogens is 427 g/mol. The van der Waals surface area contributed by atoms with Crippen molar-refractivity contribution in [3.63, 3.8) is 0 Å². The van der Waals surface area contributed by atoms with Gasteiger partial charge in [-0.1, -0.05) is 30.3 Å². The Morgan fingerprint density at radius 2 is 1.84 bits per heavy atom. The summed E-state index contributed by atoms with van der Waals surface area (Å²) in [5, 5.41) is 12.6. The van der Waals surface area contributed by atoms with Crippen molar-refractivity contribution in [1.82, 2.24) is 4.68 Å². The van der Waals surface area contributed by atoms with Crippen LogP contribution < -0.4 is 10.4 Å². The normalized spacial score (nSPS) is 20.4. The quantitative estimate of drug-likeness (QED) is 0.601. The topological polar surface area (TPSA) is 62.5 Å². The van der Waals surface area contributed by atoms with Gasteiger partial charge < -0.3 is 5.11 Å². The van der Waals surface area contributed by atoms with Gasteiger partial charge in [-0.05, 0) is 42.5 Å². The minimum absolute atomic E-state index is 0.0327. The van der Waals surface area contributed by atoms with Gasteiger partial charge in [0.1, 0.15) is 5.82 Å². The maximum absolute atomic E-state index is 15.0. The molecule has 0 saturated heterocycles. The van der Waals surface area contributed by atoms with Gasteiger partial charge in [0.25, 0.3) is 0 Å². The number of aromatic hydroxyl groups is 1. The number of halogens is 1. The van der Waals surface area contributed by atoms with Gasteiger partial charge in [0, 0.05) is 35.0 Å². The second-order valence-electron chi connectivity index (χ2n) is 8.92. The highest BCUT2D eigenvalue weighted by Gasteiger charge is 2.56. The fraction of sp³-hybridized carbons (Fsp3) is 0.280. The highest BCUT2D eigenvalue weighted by Crippen LogP contribution is 2.54. The summed E-state index contributed by atoms with van der Waals surface area (Å²) in [5.41, 5.74) is 2.49. The highest BCUT2D eigenvalue weighted by molar-refractivity contribution is 7.98. The van der Waals surface area contributed by atoms with E-state index in [4.69, 9.17) is 0 Å². The van der Waals surface area contributed by atoms with E-state index in [1.807, 2.05) is 30.1 Å². The Morgan fingerprint density at radius 1 is 1.09 bits per heavy atom. The molecule has 1 unspecified atom stereocenters. The molecule has 0 radical (unpaired) electrons. The third kappa shape index (κ3) is 2.64. The molecule has 3 heterocycles. The lowest BCUT2D eigenvalue weighted by Crippen LogP contribution is -2.51. The first kappa shape index (κ1) is 19.6. The lowest BCUT2D eigenvalue weighted by molar-refractivity contribution is 0.0856. The van der Waals surface area contributed by atoms with E-state index in [-0.39, 0.29) is 23.3 Å². The average molecular weight is 449 g/mol. The number of aryl methyl sites for hydroxylation is 1.